The van der Waals surface area contributed by atoms with Crippen molar-refractivity contribution >= 4 is 5.91 Å². The van der Waals surface area contributed by atoms with Gasteiger partial charge in [-0.2, -0.15) is 0 Å². The number of carbonyl (C=O) groups is 1. The topological polar surface area (TPSA) is 58.8 Å². The first-order valence-electron chi connectivity index (χ1n) is 8.78. The van der Waals surface area contributed by atoms with E-state index in [1.54, 1.807) is 18.5 Å². The average molecular weight is 341 g/mol. The maximum Gasteiger partial charge on any atom is 0.257 e. The minimum Gasteiger partial charge on any atom is -0.472 e. The van der Waals surface area contributed by atoms with Crippen LogP contribution in [0, 0.1) is 0 Å². The second-order valence-electron chi connectivity index (χ2n) is 6.86. The maximum atomic E-state index is 12.9. The van der Waals surface area contributed by atoms with E-state index in [4.69, 9.17) is 9.15 Å². The number of ether oxygens (including phenoxy) is 1. The Morgan fingerprint density at radius 1 is 1.44 bits per heavy atom. The molecule has 2 aromatic rings. The fourth-order valence-corrected chi connectivity index (χ4v) is 4.00. The van der Waals surface area contributed by atoms with Gasteiger partial charge < -0.3 is 14.1 Å². The smallest absolute Gasteiger partial charge is 0.257 e. The number of rotatable bonds is 4. The number of likely N-dealkylation sites (tertiary alicyclic amines) is 1. The van der Waals surface area contributed by atoms with Crippen LogP contribution in [-0.4, -0.2) is 59.1 Å². The van der Waals surface area contributed by atoms with E-state index in [2.05, 4.69) is 23.0 Å². The van der Waals surface area contributed by atoms with Gasteiger partial charge in [-0.3, -0.25) is 14.7 Å². The van der Waals surface area contributed by atoms with Crippen LogP contribution in [0.25, 0.3) is 0 Å². The first-order chi connectivity index (χ1) is 12.2. The molecule has 6 heteroatoms. The highest BCUT2D eigenvalue weighted by Crippen LogP contribution is 2.33. The van der Waals surface area contributed by atoms with E-state index >= 15 is 0 Å². The zero-order valence-corrected chi connectivity index (χ0v) is 14.4. The summed E-state index contributed by atoms with van der Waals surface area (Å²) in [6, 6.07) is 6.07. The molecule has 4 rings (SSSR count). The highest BCUT2D eigenvalue weighted by atomic mass is 16.5. The summed E-state index contributed by atoms with van der Waals surface area (Å²) in [4.78, 5) is 21.3. The molecule has 25 heavy (non-hydrogen) atoms. The molecule has 0 unspecified atom stereocenters. The van der Waals surface area contributed by atoms with Gasteiger partial charge in [0.05, 0.1) is 30.0 Å². The Kier molecular flexibility index (Phi) is 4.55. The van der Waals surface area contributed by atoms with Crippen LogP contribution < -0.4 is 0 Å². The molecule has 0 N–H and O–H groups in total. The van der Waals surface area contributed by atoms with Crippen molar-refractivity contribution in [3.05, 3.63) is 54.2 Å². The monoisotopic (exact) mass is 341 g/mol. The summed E-state index contributed by atoms with van der Waals surface area (Å²) >= 11 is 0. The molecule has 0 spiro atoms. The fraction of sp³-hybridized carbons (Fsp3) is 0.474. The molecule has 2 aliphatic rings. The van der Waals surface area contributed by atoms with Crippen molar-refractivity contribution in [1.82, 2.24) is 14.8 Å². The normalized spacial score (nSPS) is 26.0. The molecule has 6 nitrogen and oxygen atoms in total. The number of likely N-dealkylation sites (N-methyl/N-ethyl adjacent to an activating group) is 1. The first-order valence-corrected chi connectivity index (χ1v) is 8.78. The molecular formula is C19H23N3O3. The molecule has 0 radical (unpaired) electrons. The van der Waals surface area contributed by atoms with Crippen LogP contribution in [0.2, 0.25) is 0 Å². The molecule has 132 valence electrons. The Morgan fingerprint density at radius 3 is 3.12 bits per heavy atom. The Bertz CT molecular complexity index is 704. The zero-order chi connectivity index (χ0) is 17.2. The van der Waals surface area contributed by atoms with Crippen LogP contribution in [0.4, 0.5) is 0 Å². The van der Waals surface area contributed by atoms with Gasteiger partial charge in [0.15, 0.2) is 0 Å². The number of amides is 1. The molecule has 3 atom stereocenters. The van der Waals surface area contributed by atoms with Gasteiger partial charge in [-0.15, -0.1) is 0 Å². The Balaban J connectivity index is 1.53. The van der Waals surface area contributed by atoms with E-state index in [-0.39, 0.29) is 24.1 Å². The van der Waals surface area contributed by atoms with Gasteiger partial charge in [-0.05, 0) is 37.6 Å². The van der Waals surface area contributed by atoms with Gasteiger partial charge in [0.1, 0.15) is 6.26 Å². The van der Waals surface area contributed by atoms with Crippen LogP contribution in [0.1, 0.15) is 28.8 Å². The molecule has 1 amide bonds. The van der Waals surface area contributed by atoms with Gasteiger partial charge in [0.25, 0.3) is 5.91 Å². The predicted molar refractivity (Wildman–Crippen MR) is 92.0 cm³/mol. The standard InChI is InChI=1S/C19H23N3O3/c1-21(11-14-4-2-7-20-10-14)17-12-22(16-5-3-8-25-18(16)17)19(23)15-6-9-24-13-15/h2,4,6-7,9-10,13,16-18H,3,5,8,11-12H2,1H3/t16-,17-,18+/m1/s1. The third kappa shape index (κ3) is 3.19. The van der Waals surface area contributed by atoms with E-state index in [9.17, 15) is 4.79 Å². The highest BCUT2D eigenvalue weighted by molar-refractivity contribution is 5.94. The highest BCUT2D eigenvalue weighted by Gasteiger charge is 2.47. The molecule has 0 saturated carbocycles. The van der Waals surface area contributed by atoms with Crippen molar-refractivity contribution < 1.29 is 13.9 Å². The lowest BCUT2D eigenvalue weighted by molar-refractivity contribution is -0.0356. The molecule has 2 aromatic heterocycles. The zero-order valence-electron chi connectivity index (χ0n) is 14.4. The summed E-state index contributed by atoms with van der Waals surface area (Å²) in [7, 11) is 2.10. The summed E-state index contributed by atoms with van der Waals surface area (Å²) in [6.45, 7) is 2.24. The largest absolute Gasteiger partial charge is 0.472 e. The summed E-state index contributed by atoms with van der Waals surface area (Å²) in [5.74, 6) is 0.0338. The molecule has 2 saturated heterocycles. The molecular weight excluding hydrogens is 318 g/mol. The fourth-order valence-electron chi connectivity index (χ4n) is 4.00. The summed E-state index contributed by atoms with van der Waals surface area (Å²) in [6.07, 6.45) is 8.79. The Labute approximate surface area is 147 Å². The number of pyridine rings is 1. The van der Waals surface area contributed by atoms with Crippen molar-refractivity contribution in [1.29, 1.82) is 0 Å². The summed E-state index contributed by atoms with van der Waals surface area (Å²) in [5, 5.41) is 0. The van der Waals surface area contributed by atoms with Crippen LogP contribution in [0.3, 0.4) is 0 Å². The molecule has 0 aromatic carbocycles. The quantitative estimate of drug-likeness (QED) is 0.853. The molecule has 4 heterocycles. The molecule has 0 bridgehead atoms. The molecule has 2 aliphatic heterocycles. The van der Waals surface area contributed by atoms with E-state index < -0.39 is 0 Å². The number of hydrogen-bond acceptors (Lipinski definition) is 5. The van der Waals surface area contributed by atoms with E-state index in [1.165, 1.54) is 6.26 Å². The SMILES string of the molecule is CN(Cc1cccnc1)[C@@H]1CN(C(=O)c2ccoc2)[C@@H]2CCCO[C@H]12. The number of hydrogen-bond donors (Lipinski definition) is 0. The van der Waals surface area contributed by atoms with Gasteiger partial charge in [-0.25, -0.2) is 0 Å². The minimum atomic E-state index is 0.0338. The van der Waals surface area contributed by atoms with Crippen LogP contribution in [0.15, 0.2) is 47.5 Å². The lowest BCUT2D eigenvalue weighted by Crippen LogP contribution is -2.46. The molecule has 2 fully saturated rings. The number of fused-ring (bicyclic) bond motifs is 1. The Morgan fingerprint density at radius 2 is 2.36 bits per heavy atom. The van der Waals surface area contributed by atoms with Crippen molar-refractivity contribution in [3.63, 3.8) is 0 Å². The second kappa shape index (κ2) is 6.98. The van der Waals surface area contributed by atoms with Crippen LogP contribution in [-0.2, 0) is 11.3 Å². The van der Waals surface area contributed by atoms with Crippen LogP contribution in [0.5, 0.6) is 0 Å². The Hall–Kier alpha value is -2.18. The van der Waals surface area contributed by atoms with Gasteiger partial charge >= 0.3 is 0 Å². The lowest BCUT2D eigenvalue weighted by atomic mass is 10.00. The number of furan rings is 1. The number of nitrogens with zero attached hydrogens (tertiary/aromatic N) is 3. The van der Waals surface area contributed by atoms with E-state index in [1.807, 2.05) is 17.2 Å². The van der Waals surface area contributed by atoms with E-state index in [0.717, 1.165) is 31.6 Å². The third-order valence-electron chi connectivity index (χ3n) is 5.25. The third-order valence-corrected chi connectivity index (χ3v) is 5.25. The average Bonchev–Trinajstić information content (AvgIpc) is 3.30. The molecule has 0 aliphatic carbocycles. The minimum absolute atomic E-state index is 0.0338. The van der Waals surface area contributed by atoms with Gasteiger partial charge in [0, 0.05) is 32.1 Å². The summed E-state index contributed by atoms with van der Waals surface area (Å²) in [5.41, 5.74) is 1.77. The van der Waals surface area contributed by atoms with Crippen LogP contribution >= 0.6 is 0 Å². The summed E-state index contributed by atoms with van der Waals surface area (Å²) < 4.78 is 11.2. The predicted octanol–water partition coefficient (Wildman–Crippen LogP) is 2.18. The van der Waals surface area contributed by atoms with Crippen molar-refractivity contribution in [2.45, 2.75) is 37.6 Å². The van der Waals surface area contributed by atoms with Crippen molar-refractivity contribution in [2.75, 3.05) is 20.2 Å². The first kappa shape index (κ1) is 16.3. The number of aromatic nitrogens is 1. The van der Waals surface area contributed by atoms with Gasteiger partial charge in [-0.1, -0.05) is 6.07 Å². The van der Waals surface area contributed by atoms with Gasteiger partial charge in [0.2, 0.25) is 0 Å². The number of carbonyl (C=O) groups excluding carboxylic acids is 1. The lowest BCUT2D eigenvalue weighted by Gasteiger charge is -2.34. The maximum absolute atomic E-state index is 12.9. The van der Waals surface area contributed by atoms with Crippen molar-refractivity contribution in [3.8, 4) is 0 Å². The van der Waals surface area contributed by atoms with Crippen molar-refractivity contribution in [2.24, 2.45) is 0 Å². The van der Waals surface area contributed by atoms with E-state index in [0.29, 0.717) is 12.1 Å². The second-order valence-corrected chi connectivity index (χ2v) is 6.86.